The maximum absolute atomic E-state index is 12.9. The second kappa shape index (κ2) is 6.40. The Balaban J connectivity index is 1.74. The molecule has 0 saturated heterocycles. The number of amides is 1. The predicted molar refractivity (Wildman–Crippen MR) is 99.7 cm³/mol. The van der Waals surface area contributed by atoms with Gasteiger partial charge in [0.15, 0.2) is 6.17 Å². The van der Waals surface area contributed by atoms with Crippen LogP contribution in [-0.4, -0.2) is 10.9 Å². The summed E-state index contributed by atoms with van der Waals surface area (Å²) in [5.41, 5.74) is 4.51. The molecule has 0 spiro atoms. The molecule has 0 aliphatic carbocycles. The number of para-hydroxylation sites is 1. The first-order chi connectivity index (χ1) is 12.3. The average Bonchev–Trinajstić information content (AvgIpc) is 2.95. The van der Waals surface area contributed by atoms with E-state index in [1.807, 2.05) is 48.5 Å². The van der Waals surface area contributed by atoms with Crippen LogP contribution in [0.4, 0.5) is 11.4 Å². The largest absolute Gasteiger partial charge is 0.360 e. The molecule has 1 amide bonds. The first-order valence-electron chi connectivity index (χ1n) is 8.47. The normalized spacial score (nSPS) is 16.0. The Morgan fingerprint density at radius 3 is 2.48 bits per heavy atom. The van der Waals surface area contributed by atoms with Crippen molar-refractivity contribution in [1.82, 2.24) is 4.98 Å². The molecule has 0 fully saturated rings. The Labute approximate surface area is 147 Å². The van der Waals surface area contributed by atoms with Crippen LogP contribution in [0, 0.1) is 0 Å². The number of nitrogens with zero attached hydrogens (tertiary/aromatic N) is 2. The van der Waals surface area contributed by atoms with Crippen molar-refractivity contribution in [3.8, 4) is 0 Å². The van der Waals surface area contributed by atoms with Crippen LogP contribution in [0.1, 0.15) is 34.7 Å². The van der Waals surface area contributed by atoms with Gasteiger partial charge in [-0.3, -0.25) is 14.7 Å². The van der Waals surface area contributed by atoms with Crippen molar-refractivity contribution >= 4 is 17.3 Å². The molecule has 4 heteroatoms. The van der Waals surface area contributed by atoms with Gasteiger partial charge in [-0.15, -0.1) is 0 Å². The Hall–Kier alpha value is -3.14. The number of carbonyl (C=O) groups is 1. The van der Waals surface area contributed by atoms with E-state index in [2.05, 4.69) is 29.4 Å². The zero-order valence-electron chi connectivity index (χ0n) is 14.0. The predicted octanol–water partition coefficient (Wildman–Crippen LogP) is 4.42. The van der Waals surface area contributed by atoms with Gasteiger partial charge in [-0.1, -0.05) is 37.3 Å². The van der Waals surface area contributed by atoms with Gasteiger partial charge in [0.2, 0.25) is 0 Å². The summed E-state index contributed by atoms with van der Waals surface area (Å²) in [7, 11) is 0. The van der Waals surface area contributed by atoms with Gasteiger partial charge in [-0.25, -0.2) is 0 Å². The monoisotopic (exact) mass is 329 g/mol. The van der Waals surface area contributed by atoms with Crippen molar-refractivity contribution in [1.29, 1.82) is 0 Å². The van der Waals surface area contributed by atoms with E-state index in [9.17, 15) is 4.79 Å². The number of aromatic nitrogens is 1. The van der Waals surface area contributed by atoms with Crippen molar-refractivity contribution in [2.75, 3.05) is 10.2 Å². The lowest BCUT2D eigenvalue weighted by Crippen LogP contribution is -2.32. The molecule has 124 valence electrons. The van der Waals surface area contributed by atoms with E-state index in [0.717, 1.165) is 23.5 Å². The minimum Gasteiger partial charge on any atom is -0.360 e. The van der Waals surface area contributed by atoms with Crippen molar-refractivity contribution in [2.45, 2.75) is 19.5 Å². The molecule has 1 aliphatic rings. The first-order valence-corrected chi connectivity index (χ1v) is 8.47. The smallest absolute Gasteiger partial charge is 0.262 e. The second-order valence-corrected chi connectivity index (χ2v) is 6.04. The van der Waals surface area contributed by atoms with Crippen LogP contribution in [0.25, 0.3) is 0 Å². The number of anilines is 2. The van der Waals surface area contributed by atoms with E-state index in [0.29, 0.717) is 5.56 Å². The highest BCUT2D eigenvalue weighted by molar-refractivity contribution is 6.11. The lowest BCUT2D eigenvalue weighted by Gasteiger charge is -2.26. The molecule has 2 aromatic carbocycles. The minimum atomic E-state index is -0.321. The zero-order valence-corrected chi connectivity index (χ0v) is 14.0. The summed E-state index contributed by atoms with van der Waals surface area (Å²) in [6.07, 6.45) is 2.41. The van der Waals surface area contributed by atoms with Gasteiger partial charge in [-0.2, -0.15) is 0 Å². The van der Waals surface area contributed by atoms with E-state index in [-0.39, 0.29) is 12.1 Å². The summed E-state index contributed by atoms with van der Waals surface area (Å²) >= 11 is 0. The molecule has 0 saturated carbocycles. The number of carbonyl (C=O) groups excluding carboxylic acids is 1. The molecule has 1 aliphatic heterocycles. The Morgan fingerprint density at radius 2 is 1.76 bits per heavy atom. The SMILES string of the molecule is CCc1ccc(N[C@H]2c3ncccc3C(=O)N2c2ccccc2)cc1. The van der Waals surface area contributed by atoms with Crippen LogP contribution >= 0.6 is 0 Å². The number of hydrogen-bond acceptors (Lipinski definition) is 3. The molecule has 25 heavy (non-hydrogen) atoms. The van der Waals surface area contributed by atoms with Crippen LogP contribution in [0.15, 0.2) is 72.9 Å². The number of nitrogens with one attached hydrogen (secondary N) is 1. The van der Waals surface area contributed by atoms with Crippen LogP contribution in [0.5, 0.6) is 0 Å². The third kappa shape index (κ3) is 2.76. The van der Waals surface area contributed by atoms with Gasteiger partial charge in [0.1, 0.15) is 0 Å². The summed E-state index contributed by atoms with van der Waals surface area (Å²) in [5.74, 6) is -0.0306. The summed E-state index contributed by atoms with van der Waals surface area (Å²) in [6.45, 7) is 2.13. The van der Waals surface area contributed by atoms with Crippen molar-refractivity contribution in [3.63, 3.8) is 0 Å². The fourth-order valence-electron chi connectivity index (χ4n) is 3.17. The Kier molecular flexibility index (Phi) is 3.94. The van der Waals surface area contributed by atoms with Crippen LogP contribution in [0.3, 0.4) is 0 Å². The third-order valence-electron chi connectivity index (χ3n) is 4.50. The fraction of sp³-hybridized carbons (Fsp3) is 0.143. The third-order valence-corrected chi connectivity index (χ3v) is 4.50. The van der Waals surface area contributed by atoms with Gasteiger partial charge in [0.05, 0.1) is 11.3 Å². The summed E-state index contributed by atoms with van der Waals surface area (Å²) in [5, 5.41) is 3.47. The molecule has 0 unspecified atom stereocenters. The summed E-state index contributed by atoms with van der Waals surface area (Å²) in [6, 6.07) is 21.6. The van der Waals surface area contributed by atoms with Crippen molar-refractivity contribution < 1.29 is 4.79 Å². The van der Waals surface area contributed by atoms with Gasteiger partial charge < -0.3 is 5.32 Å². The lowest BCUT2D eigenvalue weighted by atomic mass is 10.1. The van der Waals surface area contributed by atoms with Crippen molar-refractivity contribution in [2.24, 2.45) is 0 Å². The topological polar surface area (TPSA) is 45.2 Å². The summed E-state index contributed by atoms with van der Waals surface area (Å²) < 4.78 is 0. The molecule has 3 aromatic rings. The molecule has 0 radical (unpaired) electrons. The quantitative estimate of drug-likeness (QED) is 0.771. The molecule has 4 nitrogen and oxygen atoms in total. The van der Waals surface area contributed by atoms with Gasteiger partial charge in [0, 0.05) is 17.6 Å². The molecule has 4 rings (SSSR count). The first kappa shape index (κ1) is 15.4. The highest BCUT2D eigenvalue weighted by atomic mass is 16.2. The minimum absolute atomic E-state index is 0.0306. The molecular weight excluding hydrogens is 310 g/mol. The van der Waals surface area contributed by atoms with Crippen molar-refractivity contribution in [3.05, 3.63) is 89.7 Å². The van der Waals surface area contributed by atoms with Crippen LogP contribution in [-0.2, 0) is 6.42 Å². The van der Waals surface area contributed by atoms with Gasteiger partial charge in [-0.05, 0) is 48.4 Å². The molecule has 0 bridgehead atoms. The van der Waals surface area contributed by atoms with E-state index in [4.69, 9.17) is 0 Å². The van der Waals surface area contributed by atoms with E-state index >= 15 is 0 Å². The van der Waals surface area contributed by atoms with E-state index in [1.54, 1.807) is 17.2 Å². The van der Waals surface area contributed by atoms with Crippen LogP contribution in [0.2, 0.25) is 0 Å². The zero-order chi connectivity index (χ0) is 17.2. The average molecular weight is 329 g/mol. The highest BCUT2D eigenvalue weighted by Crippen LogP contribution is 2.36. The van der Waals surface area contributed by atoms with Gasteiger partial charge in [0.25, 0.3) is 5.91 Å². The standard InChI is InChI=1S/C21H19N3O/c1-2-15-10-12-16(13-11-15)23-20-19-18(9-6-14-22-19)21(25)24(20)17-7-4-3-5-8-17/h3-14,20,23H,2H2,1H3/t20-/m1/s1. The highest BCUT2D eigenvalue weighted by Gasteiger charge is 2.38. The van der Waals surface area contributed by atoms with E-state index in [1.165, 1.54) is 5.56 Å². The maximum Gasteiger partial charge on any atom is 0.262 e. The lowest BCUT2D eigenvalue weighted by molar-refractivity contribution is 0.0993. The molecule has 1 aromatic heterocycles. The molecule has 1 atom stereocenters. The fourth-order valence-corrected chi connectivity index (χ4v) is 3.17. The second-order valence-electron chi connectivity index (χ2n) is 6.04. The number of rotatable bonds is 4. The number of pyridine rings is 1. The molecule has 2 heterocycles. The number of aryl methyl sites for hydroxylation is 1. The number of benzene rings is 2. The Bertz CT molecular complexity index is 891. The maximum atomic E-state index is 12.9. The Morgan fingerprint density at radius 1 is 1.00 bits per heavy atom. The molecule has 1 N–H and O–H groups in total. The van der Waals surface area contributed by atoms with Gasteiger partial charge >= 0.3 is 0 Å². The van der Waals surface area contributed by atoms with E-state index < -0.39 is 0 Å². The molecular formula is C21H19N3O. The number of fused-ring (bicyclic) bond motifs is 1. The number of hydrogen-bond donors (Lipinski definition) is 1. The van der Waals surface area contributed by atoms with Crippen LogP contribution < -0.4 is 10.2 Å². The summed E-state index contributed by atoms with van der Waals surface area (Å²) in [4.78, 5) is 19.2.